The first-order chi connectivity index (χ1) is 27.4. The number of para-hydroxylation sites is 1. The number of benzene rings is 1. The van der Waals surface area contributed by atoms with Gasteiger partial charge in [0.2, 0.25) is 0 Å². The van der Waals surface area contributed by atoms with Gasteiger partial charge in [0.25, 0.3) is 0 Å². The normalized spacial score (nSPS) is 36.8. The first-order valence-corrected chi connectivity index (χ1v) is 21.2. The number of carbonyl (C=O) groups excluding carboxylic acids is 4. The molecular weight excluding hydrogens is 743 g/mol. The van der Waals surface area contributed by atoms with Gasteiger partial charge in [-0.05, 0) is 97.5 Å². The molecule has 1 amide bonds. The number of fused-ring (bicyclic) bond motifs is 2. The average Bonchev–Trinajstić information content (AvgIpc) is 3.50. The standard InChI is InChI=1S/C45H67N3O10/c1-12-35-45(13-2)39(48(43(53)58-45)23-17-16-18-31-21-22-46-33-20-15-14-19-32(31)33)28(5)36(49)26(3)25-44(8,54-11)40(29(6)37(50)30(7)41(52)56-35)57-42-38(51)34(47(9)10)24-27(4)55-42/h14-15,19-22,26-30,34-35,38-40,42,51H,12-13,16-18,23-25H2,1-11H3/t26-,27-,28+,29+,30-,34+,35-,38-,39-,40-,42?,44+,45-/m1/s1. The Morgan fingerprint density at radius 3 is 2.34 bits per heavy atom. The molecule has 0 aliphatic carbocycles. The fourth-order valence-corrected chi connectivity index (χ4v) is 9.97. The summed E-state index contributed by atoms with van der Waals surface area (Å²) in [5, 5.41) is 12.6. The number of cyclic esters (lactones) is 1. The fourth-order valence-electron chi connectivity index (χ4n) is 9.97. The Labute approximate surface area is 344 Å². The number of likely N-dealkylation sites (N-methyl/N-ethyl adjacent to an activating group) is 1. The number of carbonyl (C=O) groups is 4. The van der Waals surface area contributed by atoms with Gasteiger partial charge in [-0.15, -0.1) is 0 Å². The molecule has 3 aliphatic heterocycles. The summed E-state index contributed by atoms with van der Waals surface area (Å²) in [6, 6.07) is 9.00. The highest BCUT2D eigenvalue weighted by molar-refractivity contribution is 6.00. The number of amides is 1. The van der Waals surface area contributed by atoms with Crippen molar-refractivity contribution in [3.63, 3.8) is 0 Å². The van der Waals surface area contributed by atoms with E-state index in [2.05, 4.69) is 11.1 Å². The quantitative estimate of drug-likeness (QED) is 0.157. The van der Waals surface area contributed by atoms with Gasteiger partial charge >= 0.3 is 12.1 Å². The van der Waals surface area contributed by atoms with Crippen molar-refractivity contribution in [1.29, 1.82) is 0 Å². The number of pyridine rings is 1. The molecule has 3 fully saturated rings. The number of methoxy groups -OCH3 is 1. The second-order valence-corrected chi connectivity index (χ2v) is 17.4. The lowest BCUT2D eigenvalue weighted by atomic mass is 9.72. The van der Waals surface area contributed by atoms with Crippen LogP contribution in [0.4, 0.5) is 4.79 Å². The molecule has 13 nitrogen and oxygen atoms in total. The van der Waals surface area contributed by atoms with E-state index >= 15 is 0 Å². The average molecular weight is 810 g/mol. The maximum absolute atomic E-state index is 14.8. The predicted molar refractivity (Wildman–Crippen MR) is 219 cm³/mol. The number of Topliss-reactive ketones (excluding diaryl/α,β-unsaturated/α-hetero) is 2. The lowest BCUT2D eigenvalue weighted by molar-refractivity contribution is -0.295. The molecule has 3 aliphatic rings. The molecule has 0 bridgehead atoms. The lowest BCUT2D eigenvalue weighted by Crippen LogP contribution is -2.61. The number of esters is 1. The second-order valence-electron chi connectivity index (χ2n) is 17.4. The number of unbranched alkanes of at least 4 members (excludes halogenated alkanes) is 1. The minimum atomic E-state index is -1.35. The van der Waals surface area contributed by atoms with Crippen LogP contribution in [0.5, 0.6) is 0 Å². The molecular formula is C45H67N3O10. The van der Waals surface area contributed by atoms with Crippen molar-refractivity contribution in [3.05, 3.63) is 42.1 Å². The number of aryl methyl sites for hydroxylation is 1. The van der Waals surface area contributed by atoms with Gasteiger partial charge in [-0.3, -0.25) is 19.4 Å². The molecule has 322 valence electrons. The highest BCUT2D eigenvalue weighted by atomic mass is 16.7. The Morgan fingerprint density at radius 2 is 1.69 bits per heavy atom. The van der Waals surface area contributed by atoms with Crippen LogP contribution in [-0.2, 0) is 44.5 Å². The third kappa shape index (κ3) is 8.99. The summed E-state index contributed by atoms with van der Waals surface area (Å²) < 4.78 is 31.5. The van der Waals surface area contributed by atoms with Crippen molar-refractivity contribution in [3.8, 4) is 0 Å². The Hall–Kier alpha value is -3.49. The van der Waals surface area contributed by atoms with Gasteiger partial charge in [-0.1, -0.05) is 52.8 Å². The van der Waals surface area contributed by atoms with Gasteiger partial charge in [-0.2, -0.15) is 0 Å². The summed E-state index contributed by atoms with van der Waals surface area (Å²) in [5.41, 5.74) is -0.511. The zero-order chi connectivity index (χ0) is 42.7. The Kier molecular flexibility index (Phi) is 14.8. The van der Waals surface area contributed by atoms with Crippen LogP contribution >= 0.6 is 0 Å². The molecule has 13 atom stereocenters. The molecule has 1 aromatic heterocycles. The maximum atomic E-state index is 14.8. The maximum Gasteiger partial charge on any atom is 0.410 e. The molecule has 3 saturated heterocycles. The van der Waals surface area contributed by atoms with Gasteiger partial charge in [0.15, 0.2) is 17.7 Å². The van der Waals surface area contributed by atoms with Crippen molar-refractivity contribution in [1.82, 2.24) is 14.8 Å². The first kappa shape index (κ1) is 45.6. The monoisotopic (exact) mass is 809 g/mol. The van der Waals surface area contributed by atoms with E-state index in [1.54, 1.807) is 18.7 Å². The van der Waals surface area contributed by atoms with Gasteiger partial charge in [0.1, 0.15) is 23.9 Å². The largest absolute Gasteiger partial charge is 0.457 e. The molecule has 0 radical (unpaired) electrons. The van der Waals surface area contributed by atoms with Crippen molar-refractivity contribution < 1.29 is 48.0 Å². The van der Waals surface area contributed by atoms with E-state index < -0.39 is 83.4 Å². The first-order valence-electron chi connectivity index (χ1n) is 21.2. The summed E-state index contributed by atoms with van der Waals surface area (Å²) in [6.07, 6.45) is 0.332. The van der Waals surface area contributed by atoms with E-state index in [9.17, 15) is 24.3 Å². The molecule has 1 unspecified atom stereocenters. The summed E-state index contributed by atoms with van der Waals surface area (Å²) in [7, 11) is 5.26. The predicted octanol–water partition coefficient (Wildman–Crippen LogP) is 6.15. The molecule has 0 spiro atoms. The number of hydrogen-bond acceptors (Lipinski definition) is 12. The minimum Gasteiger partial charge on any atom is -0.457 e. The number of ketones is 2. The van der Waals surface area contributed by atoms with Crippen LogP contribution in [0.3, 0.4) is 0 Å². The van der Waals surface area contributed by atoms with Crippen LogP contribution in [0.1, 0.15) is 99.5 Å². The number of aromatic nitrogens is 1. The van der Waals surface area contributed by atoms with E-state index in [1.807, 2.05) is 84.1 Å². The van der Waals surface area contributed by atoms with Gasteiger partial charge < -0.3 is 38.6 Å². The number of rotatable bonds is 11. The van der Waals surface area contributed by atoms with E-state index in [0.29, 0.717) is 19.4 Å². The van der Waals surface area contributed by atoms with Crippen molar-refractivity contribution in [2.24, 2.45) is 23.7 Å². The van der Waals surface area contributed by atoms with Crippen LogP contribution in [0.15, 0.2) is 36.5 Å². The van der Waals surface area contributed by atoms with E-state index in [0.717, 1.165) is 23.7 Å². The topological polar surface area (TPSA) is 154 Å². The summed E-state index contributed by atoms with van der Waals surface area (Å²) in [5.74, 6) is -4.86. The summed E-state index contributed by atoms with van der Waals surface area (Å²) in [4.78, 5) is 65.4. The van der Waals surface area contributed by atoms with Crippen LogP contribution in [0.25, 0.3) is 10.9 Å². The van der Waals surface area contributed by atoms with Crippen LogP contribution in [-0.4, -0.2) is 125 Å². The Balaban J connectivity index is 1.49. The molecule has 58 heavy (non-hydrogen) atoms. The molecule has 13 heteroatoms. The highest BCUT2D eigenvalue weighted by Crippen LogP contribution is 2.45. The molecule has 1 N–H and O–H groups in total. The molecule has 0 saturated carbocycles. The minimum absolute atomic E-state index is 0.128. The Morgan fingerprint density at radius 1 is 0.983 bits per heavy atom. The van der Waals surface area contributed by atoms with Crippen LogP contribution in [0.2, 0.25) is 0 Å². The third-order valence-corrected chi connectivity index (χ3v) is 13.3. The second kappa shape index (κ2) is 18.8. The van der Waals surface area contributed by atoms with Crippen molar-refractivity contribution in [2.45, 2.75) is 154 Å². The third-order valence-electron chi connectivity index (χ3n) is 13.3. The molecule has 5 rings (SSSR count). The number of aliphatic hydroxyl groups excluding tert-OH is 1. The van der Waals surface area contributed by atoms with Gasteiger partial charge in [0.05, 0.1) is 29.4 Å². The molecule has 1 aromatic carbocycles. The number of hydrogen-bond donors (Lipinski definition) is 1. The number of nitrogens with zero attached hydrogens (tertiary/aromatic N) is 3. The smallest absolute Gasteiger partial charge is 0.410 e. The lowest BCUT2D eigenvalue weighted by Gasteiger charge is -2.47. The summed E-state index contributed by atoms with van der Waals surface area (Å²) >= 11 is 0. The van der Waals surface area contributed by atoms with Crippen molar-refractivity contribution in [2.75, 3.05) is 27.7 Å². The van der Waals surface area contributed by atoms with Crippen molar-refractivity contribution >= 4 is 34.5 Å². The molecule has 2 aromatic rings. The van der Waals surface area contributed by atoms with E-state index in [1.165, 1.54) is 19.6 Å². The Bertz CT molecular complexity index is 1770. The zero-order valence-electron chi connectivity index (χ0n) is 36.4. The molecule has 4 heterocycles. The van der Waals surface area contributed by atoms with E-state index in [4.69, 9.17) is 23.7 Å². The number of ether oxygens (including phenoxy) is 5. The van der Waals surface area contributed by atoms with E-state index in [-0.39, 0.29) is 37.2 Å². The van der Waals surface area contributed by atoms with Gasteiger partial charge in [0, 0.05) is 49.0 Å². The van der Waals surface area contributed by atoms with Gasteiger partial charge in [-0.25, -0.2) is 4.79 Å². The zero-order valence-corrected chi connectivity index (χ0v) is 36.4. The number of aliphatic hydroxyl groups is 1. The van der Waals surface area contributed by atoms with Crippen LogP contribution in [0, 0.1) is 23.7 Å². The highest BCUT2D eigenvalue weighted by Gasteiger charge is 2.62. The fraction of sp³-hybridized carbons (Fsp3) is 0.711. The summed E-state index contributed by atoms with van der Waals surface area (Å²) in [6.45, 7) is 14.6. The van der Waals surface area contributed by atoms with Crippen LogP contribution < -0.4 is 0 Å². The SMILES string of the molecule is CC[C@H]1OC(=O)[C@H](C)C(=O)[C@H](C)[C@@H](OC2O[C@H](C)C[C@H](N(C)C)[C@H]2O)[C@@](C)(OC)C[C@@H](C)C(=O)[C@H](C)[C@H]2N(CCCCc3ccnc4ccccc34)C(=O)O[C@]12CC.